The molecule has 0 bridgehead atoms. The van der Waals surface area contributed by atoms with Gasteiger partial charge in [0, 0.05) is 5.39 Å². The van der Waals surface area contributed by atoms with E-state index in [9.17, 15) is 0 Å². The minimum absolute atomic E-state index is 0.392. The second kappa shape index (κ2) is 3.82. The van der Waals surface area contributed by atoms with Gasteiger partial charge in [-0.1, -0.05) is 12.1 Å². The first-order chi connectivity index (χ1) is 7.67. The standard InChI is InChI=1S/C13H12N2O/c1-8-4-5-10-6-11(7-14)13(16-3)15-12(10)9(8)2/h4-6H,1-3H3. The molecular weight excluding hydrogens is 200 g/mol. The molecule has 80 valence electrons. The van der Waals surface area contributed by atoms with Gasteiger partial charge in [-0.05, 0) is 31.0 Å². The summed E-state index contributed by atoms with van der Waals surface area (Å²) in [6, 6.07) is 7.91. The SMILES string of the molecule is COc1nc2c(C)c(C)ccc2cc1C#N. The van der Waals surface area contributed by atoms with Gasteiger partial charge >= 0.3 is 0 Å². The summed E-state index contributed by atoms with van der Waals surface area (Å²) in [7, 11) is 1.53. The van der Waals surface area contributed by atoms with Crippen LogP contribution in [0.3, 0.4) is 0 Å². The molecular formula is C13H12N2O. The van der Waals surface area contributed by atoms with Crippen LogP contribution in [0.2, 0.25) is 0 Å². The summed E-state index contributed by atoms with van der Waals surface area (Å²) < 4.78 is 5.11. The third-order valence-electron chi connectivity index (χ3n) is 2.79. The number of rotatable bonds is 1. The first-order valence-corrected chi connectivity index (χ1v) is 5.02. The Morgan fingerprint density at radius 1 is 1.31 bits per heavy atom. The van der Waals surface area contributed by atoms with Crippen molar-refractivity contribution in [3.05, 3.63) is 34.9 Å². The number of methoxy groups -OCH3 is 1. The van der Waals surface area contributed by atoms with Gasteiger partial charge in [-0.3, -0.25) is 0 Å². The Labute approximate surface area is 94.3 Å². The van der Waals surface area contributed by atoms with Crippen molar-refractivity contribution in [2.75, 3.05) is 7.11 Å². The van der Waals surface area contributed by atoms with Crippen molar-refractivity contribution in [1.29, 1.82) is 5.26 Å². The maximum atomic E-state index is 8.96. The lowest BCUT2D eigenvalue weighted by molar-refractivity contribution is 0.398. The van der Waals surface area contributed by atoms with E-state index in [4.69, 9.17) is 10.00 Å². The largest absolute Gasteiger partial charge is 0.480 e. The van der Waals surface area contributed by atoms with Crippen LogP contribution in [0.5, 0.6) is 5.88 Å². The van der Waals surface area contributed by atoms with E-state index in [1.807, 2.05) is 32.0 Å². The average molecular weight is 212 g/mol. The maximum Gasteiger partial charge on any atom is 0.231 e. The Kier molecular flexibility index (Phi) is 2.49. The van der Waals surface area contributed by atoms with Gasteiger partial charge in [0.15, 0.2) is 0 Å². The molecule has 3 heteroatoms. The third kappa shape index (κ3) is 1.49. The quantitative estimate of drug-likeness (QED) is 0.730. The molecule has 3 nitrogen and oxygen atoms in total. The number of benzene rings is 1. The van der Waals surface area contributed by atoms with E-state index in [1.165, 1.54) is 12.7 Å². The number of ether oxygens (including phenoxy) is 1. The molecule has 0 atom stereocenters. The van der Waals surface area contributed by atoms with Gasteiger partial charge in [-0.15, -0.1) is 0 Å². The highest BCUT2D eigenvalue weighted by Gasteiger charge is 2.09. The fourth-order valence-electron chi connectivity index (χ4n) is 1.70. The smallest absolute Gasteiger partial charge is 0.231 e. The Morgan fingerprint density at radius 3 is 2.69 bits per heavy atom. The normalized spacial score (nSPS) is 10.1. The van der Waals surface area contributed by atoms with Crippen LogP contribution in [0.15, 0.2) is 18.2 Å². The Bertz CT molecular complexity index is 597. The number of hydrogen-bond donors (Lipinski definition) is 0. The van der Waals surface area contributed by atoms with Crippen molar-refractivity contribution in [3.63, 3.8) is 0 Å². The van der Waals surface area contributed by atoms with Gasteiger partial charge < -0.3 is 4.74 Å². The first kappa shape index (κ1) is 10.4. The van der Waals surface area contributed by atoms with Gasteiger partial charge in [-0.2, -0.15) is 5.26 Å². The molecule has 1 aromatic carbocycles. The lowest BCUT2D eigenvalue weighted by atomic mass is 10.0. The van der Waals surface area contributed by atoms with E-state index in [1.54, 1.807) is 0 Å². The molecule has 2 aromatic rings. The number of fused-ring (bicyclic) bond motifs is 1. The fraction of sp³-hybridized carbons (Fsp3) is 0.231. The molecule has 0 fully saturated rings. The van der Waals surface area contributed by atoms with E-state index in [0.29, 0.717) is 11.4 Å². The van der Waals surface area contributed by atoms with Gasteiger partial charge in [0.25, 0.3) is 0 Å². The molecule has 2 rings (SSSR count). The number of hydrogen-bond acceptors (Lipinski definition) is 3. The Hall–Kier alpha value is -2.08. The van der Waals surface area contributed by atoms with E-state index in [2.05, 4.69) is 11.1 Å². The molecule has 0 radical (unpaired) electrons. The minimum Gasteiger partial charge on any atom is -0.480 e. The summed E-state index contributed by atoms with van der Waals surface area (Å²) in [6.45, 7) is 4.07. The second-order valence-corrected chi connectivity index (χ2v) is 3.74. The van der Waals surface area contributed by atoms with E-state index in [0.717, 1.165) is 16.5 Å². The summed E-state index contributed by atoms with van der Waals surface area (Å²) in [6.07, 6.45) is 0. The number of aromatic nitrogens is 1. The van der Waals surface area contributed by atoms with Crippen LogP contribution < -0.4 is 4.74 Å². The average Bonchev–Trinajstić information content (AvgIpc) is 2.32. The molecule has 1 aromatic heterocycles. The zero-order chi connectivity index (χ0) is 11.7. The van der Waals surface area contributed by atoms with Crippen molar-refractivity contribution >= 4 is 10.9 Å². The molecule has 0 spiro atoms. The van der Waals surface area contributed by atoms with Crippen molar-refractivity contribution in [3.8, 4) is 11.9 Å². The van der Waals surface area contributed by atoms with Crippen LogP contribution in [0, 0.1) is 25.2 Å². The molecule has 0 unspecified atom stereocenters. The second-order valence-electron chi connectivity index (χ2n) is 3.74. The van der Waals surface area contributed by atoms with Crippen LogP contribution in [-0.2, 0) is 0 Å². The molecule has 0 N–H and O–H groups in total. The molecule has 0 aliphatic heterocycles. The van der Waals surface area contributed by atoms with Crippen molar-refractivity contribution in [1.82, 2.24) is 4.98 Å². The topological polar surface area (TPSA) is 45.9 Å². The predicted molar refractivity (Wildman–Crippen MR) is 62.5 cm³/mol. The molecule has 0 amide bonds. The molecule has 0 aliphatic rings. The van der Waals surface area contributed by atoms with Gasteiger partial charge in [0.1, 0.15) is 11.6 Å². The highest BCUT2D eigenvalue weighted by molar-refractivity contribution is 5.84. The molecule has 0 saturated carbocycles. The van der Waals surface area contributed by atoms with Crippen LogP contribution in [0.25, 0.3) is 10.9 Å². The van der Waals surface area contributed by atoms with Crippen LogP contribution in [0.4, 0.5) is 0 Å². The van der Waals surface area contributed by atoms with Crippen LogP contribution in [-0.4, -0.2) is 12.1 Å². The van der Waals surface area contributed by atoms with E-state index in [-0.39, 0.29) is 0 Å². The molecule has 0 aliphatic carbocycles. The fourth-order valence-corrected chi connectivity index (χ4v) is 1.70. The van der Waals surface area contributed by atoms with Gasteiger partial charge in [0.2, 0.25) is 5.88 Å². The van der Waals surface area contributed by atoms with Crippen molar-refractivity contribution in [2.45, 2.75) is 13.8 Å². The third-order valence-corrected chi connectivity index (χ3v) is 2.79. The minimum atomic E-state index is 0.392. The predicted octanol–water partition coefficient (Wildman–Crippen LogP) is 2.73. The Morgan fingerprint density at radius 2 is 2.06 bits per heavy atom. The zero-order valence-corrected chi connectivity index (χ0v) is 9.53. The van der Waals surface area contributed by atoms with Crippen LogP contribution >= 0.6 is 0 Å². The monoisotopic (exact) mass is 212 g/mol. The number of pyridine rings is 1. The van der Waals surface area contributed by atoms with E-state index < -0.39 is 0 Å². The van der Waals surface area contributed by atoms with Crippen molar-refractivity contribution < 1.29 is 4.74 Å². The zero-order valence-electron chi connectivity index (χ0n) is 9.53. The lowest BCUT2D eigenvalue weighted by Gasteiger charge is -2.08. The maximum absolute atomic E-state index is 8.96. The number of nitrogens with zero attached hydrogens (tertiary/aromatic N) is 2. The van der Waals surface area contributed by atoms with Gasteiger partial charge in [0.05, 0.1) is 12.6 Å². The van der Waals surface area contributed by atoms with Crippen LogP contribution in [0.1, 0.15) is 16.7 Å². The molecule has 0 saturated heterocycles. The van der Waals surface area contributed by atoms with Crippen molar-refractivity contribution in [2.24, 2.45) is 0 Å². The summed E-state index contributed by atoms with van der Waals surface area (Å²) >= 11 is 0. The van der Waals surface area contributed by atoms with Gasteiger partial charge in [-0.25, -0.2) is 4.98 Å². The number of aryl methyl sites for hydroxylation is 2. The summed E-state index contributed by atoms with van der Waals surface area (Å²) in [5, 5.41) is 9.94. The highest BCUT2D eigenvalue weighted by atomic mass is 16.5. The summed E-state index contributed by atoms with van der Waals surface area (Å²) in [5.41, 5.74) is 3.68. The Balaban J connectivity index is 2.85. The summed E-state index contributed by atoms with van der Waals surface area (Å²) in [5.74, 6) is 0.392. The highest BCUT2D eigenvalue weighted by Crippen LogP contribution is 2.25. The van der Waals surface area contributed by atoms with E-state index >= 15 is 0 Å². The molecule has 16 heavy (non-hydrogen) atoms. The molecule has 1 heterocycles. The summed E-state index contributed by atoms with van der Waals surface area (Å²) in [4.78, 5) is 4.38. The number of nitriles is 1. The lowest BCUT2D eigenvalue weighted by Crippen LogP contribution is -1.95. The first-order valence-electron chi connectivity index (χ1n) is 5.02.